The molecule has 0 bridgehead atoms. The van der Waals surface area contributed by atoms with Crippen molar-refractivity contribution in [2.24, 2.45) is 17.3 Å². The van der Waals surface area contributed by atoms with E-state index < -0.39 is 0 Å². The standard InChI is InChI=1S/C11H18N2O/c1-2-7-3-9(7)13-10(14)8-4-11(8)5-12-6-11/h7-9,12H,2-6H2,1H3,(H,13,14). The lowest BCUT2D eigenvalue weighted by molar-refractivity contribution is -0.123. The average Bonchev–Trinajstić information content (AvgIpc) is 2.96. The van der Waals surface area contributed by atoms with Crippen LogP contribution >= 0.6 is 0 Å². The van der Waals surface area contributed by atoms with E-state index in [4.69, 9.17) is 0 Å². The van der Waals surface area contributed by atoms with Gasteiger partial charge < -0.3 is 10.6 Å². The molecule has 3 fully saturated rings. The van der Waals surface area contributed by atoms with Crippen molar-refractivity contribution in [2.45, 2.75) is 32.2 Å². The Morgan fingerprint density at radius 2 is 2.36 bits per heavy atom. The predicted octanol–water partition coefficient (Wildman–Crippen LogP) is 0.511. The highest BCUT2D eigenvalue weighted by Crippen LogP contribution is 2.55. The lowest BCUT2D eigenvalue weighted by Crippen LogP contribution is -2.47. The van der Waals surface area contributed by atoms with Crippen molar-refractivity contribution in [3.63, 3.8) is 0 Å². The summed E-state index contributed by atoms with van der Waals surface area (Å²) in [6.45, 7) is 4.32. The molecule has 14 heavy (non-hydrogen) atoms. The molecule has 0 aromatic heterocycles. The van der Waals surface area contributed by atoms with Gasteiger partial charge in [-0.05, 0) is 18.8 Å². The predicted molar refractivity (Wildman–Crippen MR) is 53.7 cm³/mol. The van der Waals surface area contributed by atoms with Crippen LogP contribution in [0.1, 0.15) is 26.2 Å². The zero-order valence-corrected chi connectivity index (χ0v) is 8.68. The van der Waals surface area contributed by atoms with Crippen LogP contribution in [-0.2, 0) is 4.79 Å². The molecule has 2 aliphatic carbocycles. The first kappa shape index (κ1) is 8.72. The molecule has 3 unspecified atom stereocenters. The topological polar surface area (TPSA) is 41.1 Å². The Bertz CT molecular complexity index is 272. The van der Waals surface area contributed by atoms with E-state index in [0.29, 0.717) is 23.3 Å². The van der Waals surface area contributed by atoms with Crippen LogP contribution in [0.3, 0.4) is 0 Å². The molecular formula is C11H18N2O. The van der Waals surface area contributed by atoms with Gasteiger partial charge in [-0.1, -0.05) is 13.3 Å². The maximum atomic E-state index is 11.8. The molecule has 1 amide bonds. The van der Waals surface area contributed by atoms with E-state index in [0.717, 1.165) is 25.4 Å². The molecule has 0 aromatic rings. The number of nitrogens with one attached hydrogen (secondary N) is 2. The van der Waals surface area contributed by atoms with Gasteiger partial charge in [0.2, 0.25) is 5.91 Å². The highest BCUT2D eigenvalue weighted by atomic mass is 16.2. The van der Waals surface area contributed by atoms with Crippen LogP contribution in [0, 0.1) is 17.3 Å². The first-order valence-electron chi connectivity index (χ1n) is 5.76. The van der Waals surface area contributed by atoms with Gasteiger partial charge in [0, 0.05) is 30.5 Å². The molecule has 3 heteroatoms. The lowest BCUT2D eigenvalue weighted by Gasteiger charge is -2.28. The molecule has 1 spiro atoms. The van der Waals surface area contributed by atoms with Crippen LogP contribution in [0.15, 0.2) is 0 Å². The van der Waals surface area contributed by atoms with E-state index in [9.17, 15) is 4.79 Å². The Morgan fingerprint density at radius 1 is 1.57 bits per heavy atom. The second-order valence-corrected chi connectivity index (χ2v) is 5.24. The van der Waals surface area contributed by atoms with Crippen molar-refractivity contribution in [3.05, 3.63) is 0 Å². The average molecular weight is 194 g/mol. The van der Waals surface area contributed by atoms with Gasteiger partial charge in [-0.2, -0.15) is 0 Å². The lowest BCUT2D eigenvalue weighted by atomic mass is 9.96. The van der Waals surface area contributed by atoms with E-state index in [-0.39, 0.29) is 0 Å². The Kier molecular flexibility index (Phi) is 1.69. The molecule has 3 atom stereocenters. The minimum absolute atomic E-state index is 0.326. The number of rotatable bonds is 3. The Morgan fingerprint density at radius 3 is 2.79 bits per heavy atom. The molecule has 0 radical (unpaired) electrons. The number of amides is 1. The van der Waals surface area contributed by atoms with E-state index in [2.05, 4.69) is 17.6 Å². The summed E-state index contributed by atoms with van der Waals surface area (Å²) in [7, 11) is 0. The first-order valence-corrected chi connectivity index (χ1v) is 5.76. The van der Waals surface area contributed by atoms with Crippen LogP contribution < -0.4 is 10.6 Å². The van der Waals surface area contributed by atoms with Crippen molar-refractivity contribution in [3.8, 4) is 0 Å². The summed E-state index contributed by atoms with van der Waals surface area (Å²) < 4.78 is 0. The largest absolute Gasteiger partial charge is 0.353 e. The molecule has 2 N–H and O–H groups in total. The molecule has 1 saturated heterocycles. The maximum Gasteiger partial charge on any atom is 0.224 e. The summed E-state index contributed by atoms with van der Waals surface area (Å²) in [6, 6.07) is 0.512. The zero-order chi connectivity index (χ0) is 9.76. The van der Waals surface area contributed by atoms with Crippen molar-refractivity contribution in [2.75, 3.05) is 13.1 Å². The van der Waals surface area contributed by atoms with Crippen molar-refractivity contribution in [1.29, 1.82) is 0 Å². The number of hydrogen-bond donors (Lipinski definition) is 2. The van der Waals surface area contributed by atoms with Crippen LogP contribution in [0.5, 0.6) is 0 Å². The maximum absolute atomic E-state index is 11.8. The quantitative estimate of drug-likeness (QED) is 0.687. The monoisotopic (exact) mass is 194 g/mol. The van der Waals surface area contributed by atoms with Gasteiger partial charge in [0.15, 0.2) is 0 Å². The third-order valence-corrected chi connectivity index (χ3v) is 4.23. The highest BCUT2D eigenvalue weighted by molar-refractivity contribution is 5.83. The molecule has 2 saturated carbocycles. The second-order valence-electron chi connectivity index (χ2n) is 5.24. The van der Waals surface area contributed by atoms with Gasteiger partial charge in [0.05, 0.1) is 0 Å². The van der Waals surface area contributed by atoms with Gasteiger partial charge in [0.1, 0.15) is 0 Å². The van der Waals surface area contributed by atoms with Gasteiger partial charge in [-0.15, -0.1) is 0 Å². The molecule has 0 aromatic carbocycles. The molecule has 3 rings (SSSR count). The third kappa shape index (κ3) is 1.18. The summed E-state index contributed by atoms with van der Waals surface area (Å²) in [6.07, 6.45) is 3.54. The molecule has 3 nitrogen and oxygen atoms in total. The Hall–Kier alpha value is -0.570. The van der Waals surface area contributed by atoms with Gasteiger partial charge in [0.25, 0.3) is 0 Å². The number of carbonyl (C=O) groups is 1. The summed E-state index contributed by atoms with van der Waals surface area (Å²) >= 11 is 0. The van der Waals surface area contributed by atoms with E-state index in [1.807, 2.05) is 0 Å². The Balaban J connectivity index is 1.48. The van der Waals surface area contributed by atoms with E-state index >= 15 is 0 Å². The fraction of sp³-hybridized carbons (Fsp3) is 0.909. The smallest absolute Gasteiger partial charge is 0.224 e. The SMILES string of the molecule is CCC1CC1NC(=O)C1CC12CNC2. The van der Waals surface area contributed by atoms with E-state index in [1.54, 1.807) is 0 Å². The molecule has 1 aliphatic heterocycles. The van der Waals surface area contributed by atoms with Crippen LogP contribution in [0.25, 0.3) is 0 Å². The molecular weight excluding hydrogens is 176 g/mol. The third-order valence-electron chi connectivity index (χ3n) is 4.23. The number of hydrogen-bond acceptors (Lipinski definition) is 2. The summed E-state index contributed by atoms with van der Waals surface area (Å²) in [5.74, 6) is 1.43. The zero-order valence-electron chi connectivity index (χ0n) is 8.68. The van der Waals surface area contributed by atoms with E-state index in [1.165, 1.54) is 12.8 Å². The first-order chi connectivity index (χ1) is 6.75. The fourth-order valence-electron chi connectivity index (χ4n) is 2.71. The minimum Gasteiger partial charge on any atom is -0.353 e. The van der Waals surface area contributed by atoms with Crippen molar-refractivity contribution < 1.29 is 4.79 Å². The van der Waals surface area contributed by atoms with Gasteiger partial charge in [-0.3, -0.25) is 4.79 Å². The van der Waals surface area contributed by atoms with Crippen LogP contribution in [-0.4, -0.2) is 25.0 Å². The second kappa shape index (κ2) is 2.72. The molecule has 1 heterocycles. The van der Waals surface area contributed by atoms with Gasteiger partial charge >= 0.3 is 0 Å². The van der Waals surface area contributed by atoms with Crippen LogP contribution in [0.4, 0.5) is 0 Å². The molecule has 3 aliphatic rings. The van der Waals surface area contributed by atoms with Gasteiger partial charge in [-0.25, -0.2) is 0 Å². The molecule has 78 valence electrons. The fourth-order valence-corrected chi connectivity index (χ4v) is 2.71. The normalized spacial score (nSPS) is 41.6. The van der Waals surface area contributed by atoms with Crippen molar-refractivity contribution in [1.82, 2.24) is 10.6 Å². The van der Waals surface area contributed by atoms with Crippen LogP contribution in [0.2, 0.25) is 0 Å². The Labute approximate surface area is 84.6 Å². The summed E-state index contributed by atoms with van der Waals surface area (Å²) in [4.78, 5) is 11.8. The number of carbonyl (C=O) groups excluding carboxylic acids is 1. The minimum atomic E-state index is 0.326. The van der Waals surface area contributed by atoms with Crippen molar-refractivity contribution >= 4 is 5.91 Å². The summed E-state index contributed by atoms with van der Waals surface area (Å²) in [5, 5.41) is 6.43. The highest BCUT2D eigenvalue weighted by Gasteiger charge is 2.61. The summed E-state index contributed by atoms with van der Waals surface area (Å²) in [5.41, 5.74) is 0.390.